The molecule has 8 nitrogen and oxygen atoms in total. The summed E-state index contributed by atoms with van der Waals surface area (Å²) in [4.78, 5) is 39.0. The monoisotopic (exact) mass is 483 g/mol. The molecule has 0 saturated carbocycles. The van der Waals surface area contributed by atoms with Gasteiger partial charge in [-0.25, -0.2) is 4.79 Å². The molecule has 0 bridgehead atoms. The Bertz CT molecular complexity index is 1480. The van der Waals surface area contributed by atoms with E-state index in [4.69, 9.17) is 9.15 Å². The minimum Gasteiger partial charge on any atom is -0.492 e. The number of nitrogens with zero attached hydrogens (tertiary/aromatic N) is 2. The molecule has 3 heterocycles. The highest BCUT2D eigenvalue weighted by atomic mass is 16.5. The van der Waals surface area contributed by atoms with Crippen LogP contribution in [0.25, 0.3) is 17.0 Å². The van der Waals surface area contributed by atoms with Crippen LogP contribution in [-0.4, -0.2) is 33.9 Å². The van der Waals surface area contributed by atoms with Crippen molar-refractivity contribution in [3.8, 4) is 5.75 Å². The van der Waals surface area contributed by atoms with Crippen molar-refractivity contribution in [3.05, 3.63) is 95.1 Å². The van der Waals surface area contributed by atoms with Gasteiger partial charge in [-0.05, 0) is 61.4 Å². The maximum Gasteiger partial charge on any atom is 0.331 e. The normalized spacial score (nSPS) is 15.1. The summed E-state index contributed by atoms with van der Waals surface area (Å²) in [5.74, 6) is -0.143. The molecule has 182 valence electrons. The van der Waals surface area contributed by atoms with E-state index in [0.717, 1.165) is 32.7 Å². The van der Waals surface area contributed by atoms with Crippen molar-refractivity contribution in [2.75, 3.05) is 6.61 Å². The Kier molecular flexibility index (Phi) is 6.16. The van der Waals surface area contributed by atoms with Crippen LogP contribution in [0.2, 0.25) is 0 Å². The minimum atomic E-state index is -0.774. The number of nitrogens with one attached hydrogen (secondary N) is 1. The molecule has 1 N–H and O–H groups in total. The van der Waals surface area contributed by atoms with Crippen molar-refractivity contribution in [1.82, 2.24) is 14.8 Å². The van der Waals surface area contributed by atoms with Crippen molar-refractivity contribution in [3.63, 3.8) is 0 Å². The van der Waals surface area contributed by atoms with Gasteiger partial charge < -0.3 is 13.7 Å². The van der Waals surface area contributed by atoms with E-state index in [2.05, 4.69) is 11.4 Å². The summed E-state index contributed by atoms with van der Waals surface area (Å²) in [5.41, 5.74) is 3.81. The second kappa shape index (κ2) is 9.58. The van der Waals surface area contributed by atoms with Crippen LogP contribution in [0.1, 0.15) is 22.5 Å². The fourth-order valence-electron chi connectivity index (χ4n) is 4.40. The molecule has 4 aromatic rings. The van der Waals surface area contributed by atoms with Crippen LogP contribution >= 0.6 is 0 Å². The van der Waals surface area contributed by atoms with Gasteiger partial charge in [0.15, 0.2) is 0 Å². The molecule has 0 atom stereocenters. The molecule has 1 aliphatic rings. The van der Waals surface area contributed by atoms with Gasteiger partial charge in [0.25, 0.3) is 11.8 Å². The number of urea groups is 1. The molecule has 0 aliphatic carbocycles. The first-order valence-corrected chi connectivity index (χ1v) is 11.6. The number of carbonyl (C=O) groups is 3. The van der Waals surface area contributed by atoms with Gasteiger partial charge in [-0.3, -0.25) is 19.8 Å². The Morgan fingerprint density at radius 3 is 2.53 bits per heavy atom. The number of furan rings is 1. The lowest BCUT2D eigenvalue weighted by Gasteiger charge is -2.25. The van der Waals surface area contributed by atoms with Gasteiger partial charge >= 0.3 is 6.03 Å². The number of aromatic nitrogens is 1. The SMILES string of the molecule is Cc1cc(C)cc(OCCn2cc(/C=C3\C(=O)NC(=O)N(Cc4ccco4)C3=O)c3ccccc32)c1. The van der Waals surface area contributed by atoms with E-state index < -0.39 is 17.8 Å². The van der Waals surface area contributed by atoms with E-state index >= 15 is 0 Å². The standard InChI is InChI=1S/C28H25N3O5/c1-18-12-19(2)14-22(13-18)36-11-9-30-16-20(23-7-3-4-8-25(23)30)15-24-26(32)29-28(34)31(27(24)33)17-21-6-5-10-35-21/h3-8,10,12-16H,9,11,17H2,1-2H3,(H,29,32,34)/b24-15+. The summed E-state index contributed by atoms with van der Waals surface area (Å²) in [6.07, 6.45) is 4.88. The second-order valence-corrected chi connectivity index (χ2v) is 8.75. The van der Waals surface area contributed by atoms with Gasteiger partial charge in [-0.2, -0.15) is 0 Å². The van der Waals surface area contributed by atoms with Crippen LogP contribution in [0.3, 0.4) is 0 Å². The van der Waals surface area contributed by atoms with E-state index in [1.807, 2.05) is 61.0 Å². The number of rotatable bonds is 7. The number of hydrogen-bond acceptors (Lipinski definition) is 5. The Hall–Kier alpha value is -4.59. The number of hydrogen-bond donors (Lipinski definition) is 1. The molecule has 0 radical (unpaired) electrons. The highest BCUT2D eigenvalue weighted by Gasteiger charge is 2.36. The molecular weight excluding hydrogens is 458 g/mol. The van der Waals surface area contributed by atoms with Crippen molar-refractivity contribution in [2.45, 2.75) is 26.9 Å². The number of ether oxygens (including phenoxy) is 1. The van der Waals surface area contributed by atoms with Gasteiger partial charge in [0.05, 0.1) is 19.4 Å². The summed E-state index contributed by atoms with van der Waals surface area (Å²) in [5, 5.41) is 3.13. The summed E-state index contributed by atoms with van der Waals surface area (Å²) in [7, 11) is 0. The highest BCUT2D eigenvalue weighted by molar-refractivity contribution is 6.31. The van der Waals surface area contributed by atoms with E-state index in [1.165, 1.54) is 12.3 Å². The number of aryl methyl sites for hydroxylation is 2. The zero-order chi connectivity index (χ0) is 25.2. The minimum absolute atomic E-state index is 0.0696. The zero-order valence-electron chi connectivity index (χ0n) is 20.0. The van der Waals surface area contributed by atoms with Gasteiger partial charge in [0, 0.05) is 22.7 Å². The fraction of sp³-hybridized carbons (Fsp3) is 0.179. The van der Waals surface area contributed by atoms with Crippen LogP contribution in [0.4, 0.5) is 4.79 Å². The van der Waals surface area contributed by atoms with Crippen LogP contribution in [0.15, 0.2) is 77.0 Å². The Morgan fingerprint density at radius 1 is 1.00 bits per heavy atom. The molecule has 0 unspecified atom stereocenters. The molecule has 4 amide bonds. The fourth-order valence-corrected chi connectivity index (χ4v) is 4.40. The molecule has 1 fully saturated rings. The van der Waals surface area contributed by atoms with E-state index in [0.29, 0.717) is 24.5 Å². The molecule has 2 aromatic carbocycles. The lowest BCUT2D eigenvalue weighted by atomic mass is 10.1. The first-order chi connectivity index (χ1) is 17.4. The second-order valence-electron chi connectivity index (χ2n) is 8.75. The van der Waals surface area contributed by atoms with Gasteiger partial charge in [-0.1, -0.05) is 24.3 Å². The topological polar surface area (TPSA) is 93.8 Å². The smallest absolute Gasteiger partial charge is 0.331 e. The molecule has 36 heavy (non-hydrogen) atoms. The first kappa shape index (κ1) is 23.2. The third kappa shape index (κ3) is 4.65. The number of carbonyl (C=O) groups excluding carboxylic acids is 3. The zero-order valence-corrected chi connectivity index (χ0v) is 20.0. The number of para-hydroxylation sites is 1. The summed E-state index contributed by atoms with van der Waals surface area (Å²) < 4.78 is 13.3. The van der Waals surface area contributed by atoms with Crippen LogP contribution in [0, 0.1) is 13.8 Å². The number of imide groups is 2. The lowest BCUT2D eigenvalue weighted by Crippen LogP contribution is -2.53. The Balaban J connectivity index is 1.41. The third-order valence-corrected chi connectivity index (χ3v) is 6.00. The summed E-state index contributed by atoms with van der Waals surface area (Å²) >= 11 is 0. The maximum absolute atomic E-state index is 13.1. The first-order valence-electron chi connectivity index (χ1n) is 11.6. The van der Waals surface area contributed by atoms with Crippen LogP contribution in [-0.2, 0) is 22.7 Å². The van der Waals surface area contributed by atoms with Crippen molar-refractivity contribution < 1.29 is 23.5 Å². The molecule has 1 saturated heterocycles. The molecule has 2 aromatic heterocycles. The predicted octanol–water partition coefficient (Wildman–Crippen LogP) is 4.59. The van der Waals surface area contributed by atoms with E-state index in [-0.39, 0.29) is 12.1 Å². The Labute approximate surface area is 207 Å². The number of barbiturate groups is 1. The molecule has 1 aliphatic heterocycles. The van der Waals surface area contributed by atoms with Gasteiger partial charge in [0.1, 0.15) is 23.7 Å². The maximum atomic E-state index is 13.1. The number of amides is 4. The molecular formula is C28H25N3O5. The quantitative estimate of drug-likeness (QED) is 0.307. The van der Waals surface area contributed by atoms with Crippen LogP contribution < -0.4 is 10.1 Å². The van der Waals surface area contributed by atoms with Crippen LogP contribution in [0.5, 0.6) is 5.75 Å². The van der Waals surface area contributed by atoms with Gasteiger partial charge in [-0.15, -0.1) is 0 Å². The van der Waals surface area contributed by atoms with Crippen molar-refractivity contribution in [2.24, 2.45) is 0 Å². The van der Waals surface area contributed by atoms with E-state index in [1.54, 1.807) is 12.1 Å². The Morgan fingerprint density at radius 2 is 1.78 bits per heavy atom. The van der Waals surface area contributed by atoms with Crippen molar-refractivity contribution >= 4 is 34.8 Å². The lowest BCUT2D eigenvalue weighted by molar-refractivity contribution is -0.130. The summed E-state index contributed by atoms with van der Waals surface area (Å²) in [6.45, 7) is 5.01. The largest absolute Gasteiger partial charge is 0.492 e. The third-order valence-electron chi connectivity index (χ3n) is 6.00. The molecule has 0 spiro atoms. The molecule has 8 heteroatoms. The average Bonchev–Trinajstić information content (AvgIpc) is 3.47. The average molecular weight is 484 g/mol. The summed E-state index contributed by atoms with van der Waals surface area (Å²) in [6, 6.07) is 16.4. The number of fused-ring (bicyclic) bond motifs is 1. The number of benzene rings is 2. The van der Waals surface area contributed by atoms with Gasteiger partial charge in [0.2, 0.25) is 0 Å². The highest BCUT2D eigenvalue weighted by Crippen LogP contribution is 2.26. The van der Waals surface area contributed by atoms with Crippen molar-refractivity contribution in [1.29, 1.82) is 0 Å². The molecule has 5 rings (SSSR count). The van der Waals surface area contributed by atoms with E-state index in [9.17, 15) is 14.4 Å². The predicted molar refractivity (Wildman–Crippen MR) is 134 cm³/mol.